The highest BCUT2D eigenvalue weighted by Crippen LogP contribution is 2.20. The summed E-state index contributed by atoms with van der Waals surface area (Å²) < 4.78 is 10.7. The van der Waals surface area contributed by atoms with Crippen molar-refractivity contribution in [2.45, 2.75) is 20.4 Å². The SMILES string of the molecule is COc1ccc(NC(=S)N(CCN2CCOCC2)Cc2cc3c(C)cc(C)cc3[nH]c2=O)cc1. The first kappa shape index (κ1) is 24.2. The number of hydrogen-bond acceptors (Lipinski definition) is 5. The first-order valence-electron chi connectivity index (χ1n) is 11.6. The summed E-state index contributed by atoms with van der Waals surface area (Å²) in [5.41, 5.74) is 4.63. The van der Waals surface area contributed by atoms with E-state index in [0.29, 0.717) is 23.8 Å². The Morgan fingerprint density at radius 1 is 1.18 bits per heavy atom. The lowest BCUT2D eigenvalue weighted by molar-refractivity contribution is 0.0358. The minimum Gasteiger partial charge on any atom is -0.497 e. The van der Waals surface area contributed by atoms with E-state index in [2.05, 4.69) is 33.1 Å². The number of morpholine rings is 1. The van der Waals surface area contributed by atoms with Gasteiger partial charge in [0.2, 0.25) is 0 Å². The number of aromatic nitrogens is 1. The number of anilines is 1. The van der Waals surface area contributed by atoms with E-state index in [1.807, 2.05) is 43.3 Å². The number of nitrogens with one attached hydrogen (secondary N) is 2. The standard InChI is InChI=1S/C26H32N4O3S/c1-18-14-19(2)23-16-20(25(31)28-24(23)15-18)17-30(9-8-29-10-12-33-13-11-29)26(34)27-21-4-6-22(32-3)7-5-21/h4-7,14-16H,8-13,17H2,1-3H3,(H,27,34)(H,28,31). The van der Waals surface area contributed by atoms with E-state index in [1.54, 1.807) is 7.11 Å². The van der Waals surface area contributed by atoms with Crippen LogP contribution in [0.25, 0.3) is 10.9 Å². The first-order chi connectivity index (χ1) is 16.4. The highest BCUT2D eigenvalue weighted by Gasteiger charge is 2.17. The van der Waals surface area contributed by atoms with Crippen LogP contribution in [0.15, 0.2) is 47.3 Å². The summed E-state index contributed by atoms with van der Waals surface area (Å²) >= 11 is 5.79. The molecule has 2 aromatic carbocycles. The Kier molecular flexibility index (Phi) is 7.82. The molecule has 34 heavy (non-hydrogen) atoms. The molecular weight excluding hydrogens is 448 g/mol. The van der Waals surface area contributed by atoms with Crippen molar-refractivity contribution in [2.24, 2.45) is 0 Å². The second-order valence-electron chi connectivity index (χ2n) is 8.70. The van der Waals surface area contributed by atoms with Gasteiger partial charge in [-0.25, -0.2) is 0 Å². The third-order valence-corrected chi connectivity index (χ3v) is 6.53. The molecule has 3 aromatic rings. The predicted octanol–water partition coefficient (Wildman–Crippen LogP) is 3.68. The van der Waals surface area contributed by atoms with E-state index >= 15 is 0 Å². The van der Waals surface area contributed by atoms with Gasteiger partial charge < -0.3 is 24.7 Å². The van der Waals surface area contributed by atoms with Crippen LogP contribution in [0.2, 0.25) is 0 Å². The van der Waals surface area contributed by atoms with E-state index in [0.717, 1.165) is 66.3 Å². The van der Waals surface area contributed by atoms with Crippen molar-refractivity contribution in [3.05, 3.63) is 69.5 Å². The molecule has 180 valence electrons. The van der Waals surface area contributed by atoms with Gasteiger partial charge in [0.1, 0.15) is 5.75 Å². The third-order valence-electron chi connectivity index (χ3n) is 6.17. The van der Waals surface area contributed by atoms with Crippen molar-refractivity contribution in [3.63, 3.8) is 0 Å². The molecule has 1 aromatic heterocycles. The maximum atomic E-state index is 13.0. The number of rotatable bonds is 7. The molecule has 0 aliphatic carbocycles. The molecule has 4 rings (SSSR count). The second kappa shape index (κ2) is 11.0. The minimum absolute atomic E-state index is 0.0823. The number of hydrogen-bond donors (Lipinski definition) is 2. The quantitative estimate of drug-likeness (QED) is 0.500. The van der Waals surface area contributed by atoms with Gasteiger partial charge in [-0.1, -0.05) is 6.07 Å². The Balaban J connectivity index is 1.56. The lowest BCUT2D eigenvalue weighted by Gasteiger charge is -2.31. The van der Waals surface area contributed by atoms with Crippen LogP contribution >= 0.6 is 12.2 Å². The van der Waals surface area contributed by atoms with Gasteiger partial charge in [-0.3, -0.25) is 9.69 Å². The first-order valence-corrected chi connectivity index (χ1v) is 12.0. The summed E-state index contributed by atoms with van der Waals surface area (Å²) in [5, 5.41) is 4.96. The zero-order valence-corrected chi connectivity index (χ0v) is 20.8. The van der Waals surface area contributed by atoms with E-state index in [1.165, 1.54) is 0 Å². The lowest BCUT2D eigenvalue weighted by Crippen LogP contribution is -2.44. The Morgan fingerprint density at radius 3 is 2.62 bits per heavy atom. The molecule has 8 heteroatoms. The van der Waals surface area contributed by atoms with Crippen LogP contribution in [0.5, 0.6) is 5.75 Å². The van der Waals surface area contributed by atoms with Gasteiger partial charge in [-0.2, -0.15) is 0 Å². The van der Waals surface area contributed by atoms with Crippen molar-refractivity contribution >= 4 is 33.9 Å². The molecule has 0 unspecified atom stereocenters. The molecule has 0 spiro atoms. The van der Waals surface area contributed by atoms with E-state index in [4.69, 9.17) is 21.7 Å². The van der Waals surface area contributed by atoms with Gasteiger partial charge >= 0.3 is 0 Å². The van der Waals surface area contributed by atoms with Gasteiger partial charge in [0.15, 0.2) is 5.11 Å². The van der Waals surface area contributed by atoms with Crippen molar-refractivity contribution in [1.29, 1.82) is 0 Å². The summed E-state index contributed by atoms with van der Waals surface area (Å²) in [7, 11) is 1.64. The smallest absolute Gasteiger partial charge is 0.253 e. The van der Waals surface area contributed by atoms with E-state index < -0.39 is 0 Å². The van der Waals surface area contributed by atoms with Crippen LogP contribution in [-0.2, 0) is 11.3 Å². The summed E-state index contributed by atoms with van der Waals surface area (Å²) in [6, 6.07) is 13.8. The summed E-state index contributed by atoms with van der Waals surface area (Å²) in [4.78, 5) is 20.5. The Morgan fingerprint density at radius 2 is 1.91 bits per heavy atom. The highest BCUT2D eigenvalue weighted by molar-refractivity contribution is 7.80. The molecular formula is C26H32N4O3S. The van der Waals surface area contributed by atoms with Crippen molar-refractivity contribution in [1.82, 2.24) is 14.8 Å². The predicted molar refractivity (Wildman–Crippen MR) is 141 cm³/mol. The van der Waals surface area contributed by atoms with E-state index in [-0.39, 0.29) is 5.56 Å². The number of methoxy groups -OCH3 is 1. The van der Waals surface area contributed by atoms with Crippen molar-refractivity contribution < 1.29 is 9.47 Å². The van der Waals surface area contributed by atoms with Crippen LogP contribution in [0.3, 0.4) is 0 Å². The van der Waals surface area contributed by atoms with Crippen LogP contribution < -0.4 is 15.6 Å². The second-order valence-corrected chi connectivity index (χ2v) is 9.09. The fraction of sp³-hybridized carbons (Fsp3) is 0.385. The Labute approximate surface area is 205 Å². The Hall–Kier alpha value is -2.94. The van der Waals surface area contributed by atoms with Gasteiger partial charge in [-0.05, 0) is 73.6 Å². The van der Waals surface area contributed by atoms with Crippen LogP contribution in [0.4, 0.5) is 5.69 Å². The van der Waals surface area contributed by atoms with E-state index in [9.17, 15) is 4.79 Å². The average molecular weight is 481 g/mol. The molecule has 0 bridgehead atoms. The average Bonchev–Trinajstić information content (AvgIpc) is 2.83. The zero-order valence-electron chi connectivity index (χ0n) is 20.0. The molecule has 0 saturated carbocycles. The fourth-order valence-electron chi connectivity index (χ4n) is 4.26. The number of fused-ring (bicyclic) bond motifs is 1. The highest BCUT2D eigenvalue weighted by atomic mass is 32.1. The number of nitrogens with zero attached hydrogens (tertiary/aromatic N) is 2. The number of aromatic amines is 1. The molecule has 7 nitrogen and oxygen atoms in total. The van der Waals surface area contributed by atoms with Gasteiger partial charge in [0.05, 0.1) is 26.9 Å². The van der Waals surface area contributed by atoms with Crippen LogP contribution in [-0.4, -0.2) is 66.4 Å². The monoisotopic (exact) mass is 480 g/mol. The normalized spacial score (nSPS) is 14.2. The number of thiocarbonyl (C=S) groups is 1. The maximum absolute atomic E-state index is 13.0. The third kappa shape index (κ3) is 5.94. The molecule has 0 radical (unpaired) electrons. The zero-order chi connectivity index (χ0) is 24.1. The molecule has 1 aliphatic heterocycles. The van der Waals surface area contributed by atoms with Crippen molar-refractivity contribution in [3.8, 4) is 5.75 Å². The molecule has 2 heterocycles. The van der Waals surface area contributed by atoms with Gasteiger partial charge in [0.25, 0.3) is 5.56 Å². The molecule has 0 amide bonds. The summed E-state index contributed by atoms with van der Waals surface area (Å²) in [6.07, 6.45) is 0. The molecule has 1 fully saturated rings. The molecule has 1 aliphatic rings. The lowest BCUT2D eigenvalue weighted by atomic mass is 10.0. The summed E-state index contributed by atoms with van der Waals surface area (Å²) in [5.74, 6) is 0.786. The van der Waals surface area contributed by atoms with Crippen LogP contribution in [0, 0.1) is 13.8 Å². The molecule has 1 saturated heterocycles. The number of aryl methyl sites for hydroxylation is 2. The topological polar surface area (TPSA) is 69.8 Å². The van der Waals surface area contributed by atoms with Gasteiger partial charge in [0, 0.05) is 48.3 Å². The molecule has 0 atom stereocenters. The number of ether oxygens (including phenoxy) is 2. The number of pyridine rings is 1. The number of H-pyrrole nitrogens is 1. The van der Waals surface area contributed by atoms with Crippen LogP contribution in [0.1, 0.15) is 16.7 Å². The maximum Gasteiger partial charge on any atom is 0.253 e. The number of benzene rings is 2. The molecule has 2 N–H and O–H groups in total. The fourth-order valence-corrected chi connectivity index (χ4v) is 4.53. The van der Waals surface area contributed by atoms with Gasteiger partial charge in [-0.15, -0.1) is 0 Å². The summed E-state index contributed by atoms with van der Waals surface area (Å²) in [6.45, 7) is 9.38. The van der Waals surface area contributed by atoms with Crippen molar-refractivity contribution in [2.75, 3.05) is 51.8 Å². The largest absolute Gasteiger partial charge is 0.497 e. The minimum atomic E-state index is -0.0823. The Bertz CT molecular complexity index is 1200.